The number of halogens is 1. The molecule has 0 bridgehead atoms. The van der Waals surface area contributed by atoms with Gasteiger partial charge in [-0.3, -0.25) is 0 Å². The van der Waals surface area contributed by atoms with Crippen molar-refractivity contribution in [2.45, 2.75) is 25.4 Å². The molecule has 0 saturated heterocycles. The molecule has 0 amide bonds. The van der Waals surface area contributed by atoms with Crippen LogP contribution in [0.2, 0.25) is 0 Å². The highest BCUT2D eigenvalue weighted by Crippen LogP contribution is 2.31. The lowest BCUT2D eigenvalue weighted by molar-refractivity contribution is 0.171. The van der Waals surface area contributed by atoms with E-state index >= 15 is 0 Å². The van der Waals surface area contributed by atoms with Gasteiger partial charge in [0.1, 0.15) is 5.75 Å². The van der Waals surface area contributed by atoms with Gasteiger partial charge in [-0.25, -0.2) is 0 Å². The Morgan fingerprint density at radius 3 is 3.00 bits per heavy atom. The predicted molar refractivity (Wildman–Crippen MR) is 80.9 cm³/mol. The van der Waals surface area contributed by atoms with E-state index in [1.54, 1.807) is 11.3 Å². The van der Waals surface area contributed by atoms with Gasteiger partial charge < -0.3 is 9.84 Å². The number of fused-ring (bicyclic) bond motifs is 1. The smallest absolute Gasteiger partial charge is 0.122 e. The second-order valence-electron chi connectivity index (χ2n) is 4.74. The van der Waals surface area contributed by atoms with E-state index in [-0.39, 0.29) is 6.10 Å². The Morgan fingerprint density at radius 2 is 2.21 bits per heavy atom. The molecule has 1 unspecified atom stereocenters. The highest BCUT2D eigenvalue weighted by Gasteiger charge is 2.14. The number of aliphatic hydroxyl groups excluding tert-OH is 1. The van der Waals surface area contributed by atoms with E-state index in [9.17, 15) is 5.11 Å². The van der Waals surface area contributed by atoms with Crippen molar-refractivity contribution in [2.24, 2.45) is 0 Å². The van der Waals surface area contributed by atoms with Crippen LogP contribution in [0.25, 0.3) is 0 Å². The van der Waals surface area contributed by atoms with Crippen molar-refractivity contribution in [1.29, 1.82) is 0 Å². The molecule has 0 fully saturated rings. The van der Waals surface area contributed by atoms with E-state index < -0.39 is 0 Å². The van der Waals surface area contributed by atoms with Crippen LogP contribution in [-0.4, -0.2) is 11.7 Å². The normalized spacial score (nSPS) is 15.1. The van der Waals surface area contributed by atoms with Crippen LogP contribution < -0.4 is 4.74 Å². The fourth-order valence-electron chi connectivity index (χ4n) is 2.35. The zero-order chi connectivity index (χ0) is 13.2. The van der Waals surface area contributed by atoms with E-state index in [1.165, 1.54) is 11.1 Å². The van der Waals surface area contributed by atoms with Crippen LogP contribution >= 0.6 is 27.3 Å². The second-order valence-corrected chi connectivity index (χ2v) is 7.23. The molecule has 4 heteroatoms. The van der Waals surface area contributed by atoms with Gasteiger partial charge in [-0.15, -0.1) is 11.3 Å². The minimum atomic E-state index is -0.374. The Hall–Kier alpha value is -0.840. The lowest BCUT2D eigenvalue weighted by atomic mass is 10.0. The van der Waals surface area contributed by atoms with Crippen molar-refractivity contribution in [3.05, 3.63) is 50.1 Å². The quantitative estimate of drug-likeness (QED) is 0.908. The summed E-state index contributed by atoms with van der Waals surface area (Å²) in [7, 11) is 0. The van der Waals surface area contributed by atoms with Gasteiger partial charge >= 0.3 is 0 Å². The number of hydrogen-bond donors (Lipinski definition) is 1. The number of aliphatic hydroxyl groups is 1. The third-order valence-corrected chi connectivity index (χ3v) is 5.11. The first-order valence-electron chi connectivity index (χ1n) is 6.40. The van der Waals surface area contributed by atoms with Crippen LogP contribution in [0.5, 0.6) is 5.75 Å². The average Bonchev–Trinajstić information content (AvgIpc) is 3.03. The minimum absolute atomic E-state index is 0.374. The van der Waals surface area contributed by atoms with Crippen molar-refractivity contribution in [2.75, 3.05) is 6.61 Å². The SMILES string of the molecule is OC(CCc1ccc2c(c1)CCO2)c1ccc(Br)s1. The molecule has 2 heterocycles. The van der Waals surface area contributed by atoms with Gasteiger partial charge in [0, 0.05) is 11.3 Å². The van der Waals surface area contributed by atoms with E-state index in [4.69, 9.17) is 4.74 Å². The Morgan fingerprint density at radius 1 is 1.32 bits per heavy atom. The second kappa shape index (κ2) is 5.65. The number of rotatable bonds is 4. The van der Waals surface area contributed by atoms with Gasteiger partial charge in [0.25, 0.3) is 0 Å². The van der Waals surface area contributed by atoms with Gasteiger partial charge in [-0.05, 0) is 58.1 Å². The lowest BCUT2D eigenvalue weighted by Gasteiger charge is -2.09. The van der Waals surface area contributed by atoms with E-state index in [2.05, 4.69) is 28.1 Å². The summed E-state index contributed by atoms with van der Waals surface area (Å²) in [4.78, 5) is 1.02. The van der Waals surface area contributed by atoms with Gasteiger partial charge in [0.2, 0.25) is 0 Å². The van der Waals surface area contributed by atoms with Gasteiger partial charge in [0.05, 0.1) is 16.5 Å². The summed E-state index contributed by atoms with van der Waals surface area (Å²) in [6.45, 7) is 0.796. The number of ether oxygens (including phenoxy) is 1. The molecule has 1 aliphatic heterocycles. The summed E-state index contributed by atoms with van der Waals surface area (Å²) in [5, 5.41) is 10.2. The molecule has 0 spiro atoms. The van der Waals surface area contributed by atoms with E-state index in [1.807, 2.05) is 18.2 Å². The lowest BCUT2D eigenvalue weighted by Crippen LogP contribution is -1.97. The van der Waals surface area contributed by atoms with Crippen LogP contribution in [-0.2, 0) is 12.8 Å². The summed E-state index contributed by atoms with van der Waals surface area (Å²) in [6.07, 6.45) is 2.28. The Bertz CT molecular complexity index is 579. The van der Waals surface area contributed by atoms with Crippen LogP contribution in [0.4, 0.5) is 0 Å². The first-order valence-corrected chi connectivity index (χ1v) is 8.01. The summed E-state index contributed by atoms with van der Waals surface area (Å²) in [5.74, 6) is 1.02. The molecule has 0 aliphatic carbocycles. The fourth-order valence-corrected chi connectivity index (χ4v) is 3.79. The van der Waals surface area contributed by atoms with Crippen LogP contribution in [0, 0.1) is 0 Å². The molecule has 1 N–H and O–H groups in total. The average molecular weight is 339 g/mol. The topological polar surface area (TPSA) is 29.5 Å². The minimum Gasteiger partial charge on any atom is -0.493 e. The van der Waals surface area contributed by atoms with Crippen LogP contribution in [0.3, 0.4) is 0 Å². The fraction of sp³-hybridized carbons (Fsp3) is 0.333. The van der Waals surface area contributed by atoms with Crippen molar-refractivity contribution >= 4 is 27.3 Å². The number of thiophene rings is 1. The molecular weight excluding hydrogens is 324 g/mol. The Balaban J connectivity index is 1.63. The molecule has 19 heavy (non-hydrogen) atoms. The molecule has 0 saturated carbocycles. The maximum absolute atomic E-state index is 10.2. The molecule has 100 valence electrons. The van der Waals surface area contributed by atoms with Crippen LogP contribution in [0.15, 0.2) is 34.1 Å². The summed E-state index contributed by atoms with van der Waals surface area (Å²) in [6, 6.07) is 10.3. The number of aryl methyl sites for hydroxylation is 1. The molecular formula is C15H15BrO2S. The third-order valence-electron chi connectivity index (χ3n) is 3.38. The Kier molecular flexibility index (Phi) is 3.91. The standard InChI is InChI=1S/C15H15BrO2S/c16-15-6-5-14(19-15)12(17)3-1-10-2-4-13-11(9-10)7-8-18-13/h2,4-6,9,12,17H,1,3,7-8H2. The van der Waals surface area contributed by atoms with E-state index in [0.29, 0.717) is 0 Å². The summed E-state index contributed by atoms with van der Waals surface area (Å²) >= 11 is 5.02. The molecule has 1 aromatic heterocycles. The summed E-state index contributed by atoms with van der Waals surface area (Å²) in [5.41, 5.74) is 2.57. The van der Waals surface area contributed by atoms with Crippen molar-refractivity contribution in [3.8, 4) is 5.75 Å². The largest absolute Gasteiger partial charge is 0.493 e. The third kappa shape index (κ3) is 3.02. The molecule has 0 radical (unpaired) electrons. The molecule has 1 atom stereocenters. The summed E-state index contributed by atoms with van der Waals surface area (Å²) < 4.78 is 6.56. The van der Waals surface area contributed by atoms with Crippen LogP contribution in [0.1, 0.15) is 28.5 Å². The van der Waals surface area contributed by atoms with Crippen molar-refractivity contribution in [3.63, 3.8) is 0 Å². The molecule has 2 aromatic rings. The predicted octanol–water partition coefficient (Wildman–Crippen LogP) is 4.11. The maximum Gasteiger partial charge on any atom is 0.122 e. The monoisotopic (exact) mass is 338 g/mol. The molecule has 2 nitrogen and oxygen atoms in total. The first kappa shape index (κ1) is 13.2. The van der Waals surface area contributed by atoms with Crippen molar-refractivity contribution in [1.82, 2.24) is 0 Å². The maximum atomic E-state index is 10.2. The molecule has 3 rings (SSSR count). The first-order chi connectivity index (χ1) is 9.22. The zero-order valence-corrected chi connectivity index (χ0v) is 12.8. The molecule has 1 aromatic carbocycles. The van der Waals surface area contributed by atoms with Gasteiger partial charge in [-0.2, -0.15) is 0 Å². The highest BCUT2D eigenvalue weighted by molar-refractivity contribution is 9.11. The zero-order valence-electron chi connectivity index (χ0n) is 10.4. The highest BCUT2D eigenvalue weighted by atomic mass is 79.9. The Labute approximate surface area is 125 Å². The number of hydrogen-bond acceptors (Lipinski definition) is 3. The van der Waals surface area contributed by atoms with E-state index in [0.717, 1.165) is 40.3 Å². The molecule has 1 aliphatic rings. The number of benzene rings is 1. The van der Waals surface area contributed by atoms with Crippen molar-refractivity contribution < 1.29 is 9.84 Å². The van der Waals surface area contributed by atoms with Gasteiger partial charge in [-0.1, -0.05) is 12.1 Å². The van der Waals surface area contributed by atoms with Gasteiger partial charge in [0.15, 0.2) is 0 Å².